The van der Waals surface area contributed by atoms with Gasteiger partial charge in [-0.25, -0.2) is 9.97 Å². The van der Waals surface area contributed by atoms with E-state index < -0.39 is 11.7 Å². The molecule has 9 heteroatoms. The molecule has 0 unspecified atom stereocenters. The van der Waals surface area contributed by atoms with Crippen molar-refractivity contribution < 1.29 is 17.9 Å². The smallest absolute Gasteiger partial charge is 0.417 e. The lowest BCUT2D eigenvalue weighted by Crippen LogP contribution is -2.32. The maximum absolute atomic E-state index is 13.4. The maximum Gasteiger partial charge on any atom is 0.417 e. The van der Waals surface area contributed by atoms with Crippen LogP contribution in [0.3, 0.4) is 0 Å². The lowest BCUT2D eigenvalue weighted by Gasteiger charge is -2.31. The van der Waals surface area contributed by atoms with Crippen LogP contribution in [-0.4, -0.2) is 23.6 Å². The Kier molecular flexibility index (Phi) is 5.61. The number of rotatable bonds is 4. The number of methoxy groups -OCH3 is 1. The zero-order valence-electron chi connectivity index (χ0n) is 17.5. The molecule has 1 aliphatic heterocycles. The minimum atomic E-state index is -4.59. The second kappa shape index (κ2) is 8.38. The van der Waals surface area contributed by atoms with Crippen LogP contribution in [0.4, 0.5) is 30.4 Å². The van der Waals surface area contributed by atoms with Gasteiger partial charge in [0.1, 0.15) is 17.4 Å². The van der Waals surface area contributed by atoms with Gasteiger partial charge in [0.2, 0.25) is 0 Å². The standard InChI is InChI=1S/C23H20F3N5O/c1-14-28-21-13-31(17-6-3-15(12-27)20(11-17)23(24,25)26)10-9-19(21)22(29-14)30-16-4-7-18(32-2)8-5-16/h3-8,11H,9-10,13H2,1-2H3,(H,28,29,30). The Labute approximate surface area is 183 Å². The fourth-order valence-electron chi connectivity index (χ4n) is 3.75. The number of hydrogen-bond acceptors (Lipinski definition) is 6. The van der Waals surface area contributed by atoms with Crippen molar-refractivity contribution in [2.75, 3.05) is 23.9 Å². The third-order valence-electron chi connectivity index (χ3n) is 5.32. The number of halogens is 3. The van der Waals surface area contributed by atoms with Crippen molar-refractivity contribution in [1.29, 1.82) is 5.26 Å². The van der Waals surface area contributed by atoms with Gasteiger partial charge >= 0.3 is 6.18 Å². The summed E-state index contributed by atoms with van der Waals surface area (Å²) >= 11 is 0. The molecule has 0 saturated carbocycles. The first-order chi connectivity index (χ1) is 15.3. The van der Waals surface area contributed by atoms with E-state index in [1.807, 2.05) is 29.2 Å². The quantitative estimate of drug-likeness (QED) is 0.617. The highest BCUT2D eigenvalue weighted by molar-refractivity contribution is 5.63. The summed E-state index contributed by atoms with van der Waals surface area (Å²) in [5.74, 6) is 2.00. The molecule has 1 aromatic heterocycles. The Morgan fingerprint density at radius 3 is 2.53 bits per heavy atom. The third-order valence-corrected chi connectivity index (χ3v) is 5.32. The molecule has 1 N–H and O–H groups in total. The third kappa shape index (κ3) is 4.30. The van der Waals surface area contributed by atoms with Crippen LogP contribution in [-0.2, 0) is 19.1 Å². The normalized spacial score (nSPS) is 13.3. The van der Waals surface area contributed by atoms with E-state index in [9.17, 15) is 13.2 Å². The van der Waals surface area contributed by atoms with Crippen LogP contribution in [0.25, 0.3) is 0 Å². The molecule has 1 aliphatic rings. The lowest BCUT2D eigenvalue weighted by molar-refractivity contribution is -0.137. The van der Waals surface area contributed by atoms with Gasteiger partial charge in [0.05, 0.1) is 36.5 Å². The zero-order chi connectivity index (χ0) is 22.9. The van der Waals surface area contributed by atoms with Crippen LogP contribution >= 0.6 is 0 Å². The second-order valence-corrected chi connectivity index (χ2v) is 7.41. The average molecular weight is 439 g/mol. The lowest BCUT2D eigenvalue weighted by atomic mass is 10.0. The van der Waals surface area contributed by atoms with Gasteiger partial charge in [0.15, 0.2) is 0 Å². The van der Waals surface area contributed by atoms with Crippen molar-refractivity contribution >= 4 is 17.2 Å². The summed E-state index contributed by atoms with van der Waals surface area (Å²) in [6.45, 7) is 2.63. The summed E-state index contributed by atoms with van der Waals surface area (Å²) in [6, 6.07) is 12.9. The number of anilines is 3. The van der Waals surface area contributed by atoms with Crippen LogP contribution in [0.15, 0.2) is 42.5 Å². The fourth-order valence-corrected chi connectivity index (χ4v) is 3.75. The highest BCUT2D eigenvalue weighted by atomic mass is 19.4. The summed E-state index contributed by atoms with van der Waals surface area (Å²) in [5.41, 5.74) is 1.63. The van der Waals surface area contributed by atoms with Gasteiger partial charge in [0, 0.05) is 23.5 Å². The molecule has 0 spiro atoms. The van der Waals surface area contributed by atoms with Gasteiger partial charge in [0.25, 0.3) is 0 Å². The first-order valence-corrected chi connectivity index (χ1v) is 9.92. The van der Waals surface area contributed by atoms with Gasteiger partial charge in [-0.2, -0.15) is 18.4 Å². The molecule has 0 fully saturated rings. The highest BCUT2D eigenvalue weighted by Crippen LogP contribution is 2.36. The van der Waals surface area contributed by atoms with Gasteiger partial charge in [-0.1, -0.05) is 0 Å². The molecule has 3 aromatic rings. The van der Waals surface area contributed by atoms with E-state index >= 15 is 0 Å². The van der Waals surface area contributed by atoms with E-state index in [4.69, 9.17) is 10.00 Å². The molecule has 0 atom stereocenters. The molecular formula is C23H20F3N5O. The number of ether oxygens (including phenoxy) is 1. The summed E-state index contributed by atoms with van der Waals surface area (Å²) in [4.78, 5) is 10.9. The number of aryl methyl sites for hydroxylation is 1. The summed E-state index contributed by atoms with van der Waals surface area (Å²) in [7, 11) is 1.60. The molecule has 0 aliphatic carbocycles. The number of aromatic nitrogens is 2. The Morgan fingerprint density at radius 1 is 1.12 bits per heavy atom. The molecule has 2 heterocycles. The van der Waals surface area contributed by atoms with Crippen LogP contribution in [0.5, 0.6) is 5.75 Å². The molecule has 0 saturated heterocycles. The van der Waals surface area contributed by atoms with Gasteiger partial charge in [-0.05, 0) is 55.8 Å². The van der Waals surface area contributed by atoms with E-state index in [1.165, 1.54) is 6.07 Å². The van der Waals surface area contributed by atoms with Gasteiger partial charge in [-0.15, -0.1) is 0 Å². The summed E-state index contributed by atoms with van der Waals surface area (Å²) in [5, 5.41) is 12.3. The second-order valence-electron chi connectivity index (χ2n) is 7.41. The Balaban J connectivity index is 1.63. The monoisotopic (exact) mass is 439 g/mol. The molecule has 0 bridgehead atoms. The van der Waals surface area contributed by atoms with E-state index in [2.05, 4.69) is 15.3 Å². The van der Waals surface area contributed by atoms with Gasteiger partial charge < -0.3 is 15.0 Å². The Morgan fingerprint density at radius 2 is 1.88 bits per heavy atom. The number of fused-ring (bicyclic) bond motifs is 1. The molecule has 6 nitrogen and oxygen atoms in total. The predicted octanol–water partition coefficient (Wildman–Crippen LogP) is 4.99. The molecule has 4 rings (SSSR count). The van der Waals surface area contributed by atoms with Crippen LogP contribution in [0.2, 0.25) is 0 Å². The van der Waals surface area contributed by atoms with Crippen molar-refractivity contribution in [2.24, 2.45) is 0 Å². The van der Waals surface area contributed by atoms with Crippen molar-refractivity contribution in [1.82, 2.24) is 9.97 Å². The summed E-state index contributed by atoms with van der Waals surface area (Å²) < 4.78 is 45.3. The fraction of sp³-hybridized carbons (Fsp3) is 0.261. The number of nitrogens with zero attached hydrogens (tertiary/aromatic N) is 4. The van der Waals surface area contributed by atoms with E-state index in [0.717, 1.165) is 28.8 Å². The molecular weight excluding hydrogens is 419 g/mol. The van der Waals surface area contributed by atoms with Gasteiger partial charge in [-0.3, -0.25) is 0 Å². The largest absolute Gasteiger partial charge is 0.497 e. The number of alkyl halides is 3. The molecule has 164 valence electrons. The highest BCUT2D eigenvalue weighted by Gasteiger charge is 2.34. The minimum absolute atomic E-state index is 0.346. The molecule has 0 radical (unpaired) electrons. The van der Waals surface area contributed by atoms with Crippen molar-refractivity contribution in [3.05, 3.63) is 70.7 Å². The molecule has 0 amide bonds. The molecule has 2 aromatic carbocycles. The number of nitrogens with one attached hydrogen (secondary N) is 1. The number of nitriles is 1. The van der Waals surface area contributed by atoms with Crippen molar-refractivity contribution in [3.8, 4) is 11.8 Å². The van der Waals surface area contributed by atoms with Crippen LogP contribution in [0, 0.1) is 18.3 Å². The van der Waals surface area contributed by atoms with Crippen molar-refractivity contribution in [2.45, 2.75) is 26.1 Å². The zero-order valence-corrected chi connectivity index (χ0v) is 17.5. The van der Waals surface area contributed by atoms with Crippen LogP contribution < -0.4 is 15.0 Å². The number of benzene rings is 2. The maximum atomic E-state index is 13.4. The topological polar surface area (TPSA) is 74.1 Å². The minimum Gasteiger partial charge on any atom is -0.497 e. The summed E-state index contributed by atoms with van der Waals surface area (Å²) in [6.07, 6.45) is -4.03. The van der Waals surface area contributed by atoms with E-state index in [1.54, 1.807) is 26.2 Å². The number of hydrogen-bond donors (Lipinski definition) is 1. The SMILES string of the molecule is COc1ccc(Nc2nc(C)nc3c2CCN(c2ccc(C#N)c(C(F)(F)F)c2)C3)cc1. The van der Waals surface area contributed by atoms with E-state index in [0.29, 0.717) is 36.8 Å². The molecule has 32 heavy (non-hydrogen) atoms. The van der Waals surface area contributed by atoms with E-state index in [-0.39, 0.29) is 5.56 Å². The van der Waals surface area contributed by atoms with Crippen molar-refractivity contribution in [3.63, 3.8) is 0 Å². The van der Waals surface area contributed by atoms with Crippen LogP contribution in [0.1, 0.15) is 28.2 Å². The Hall–Kier alpha value is -3.80. The average Bonchev–Trinajstić information content (AvgIpc) is 2.78. The first-order valence-electron chi connectivity index (χ1n) is 9.92. The Bertz CT molecular complexity index is 1190. The predicted molar refractivity (Wildman–Crippen MR) is 114 cm³/mol. The first kappa shape index (κ1) is 21.4.